The highest BCUT2D eigenvalue weighted by Crippen LogP contribution is 2.22. The molecule has 0 saturated heterocycles. The van der Waals surface area contributed by atoms with Gasteiger partial charge in [-0.15, -0.1) is 0 Å². The normalized spacial score (nSPS) is 9.07. The van der Waals surface area contributed by atoms with Crippen molar-refractivity contribution in [2.45, 2.75) is 6.42 Å². The Hall–Kier alpha value is -0.980. The molecule has 0 spiro atoms. The number of aliphatic hydroxyl groups excluding tert-OH is 1. The fraction of sp³-hybridized carbons (Fsp3) is 0.273. The molecule has 0 aliphatic heterocycles. The zero-order chi connectivity index (χ0) is 10.4. The van der Waals surface area contributed by atoms with Crippen LogP contribution in [0.3, 0.4) is 0 Å². The summed E-state index contributed by atoms with van der Waals surface area (Å²) in [6.45, 7) is 0.0891. The Bertz CT molecular complexity index is 363. The number of halogens is 1. The first-order chi connectivity index (χ1) is 6.77. The van der Waals surface area contributed by atoms with Crippen molar-refractivity contribution in [1.29, 1.82) is 0 Å². The summed E-state index contributed by atoms with van der Waals surface area (Å²) in [5, 5.41) is 8.57. The minimum atomic E-state index is 0.0891. The molecule has 0 amide bonds. The maximum absolute atomic E-state index is 8.57. The SMILES string of the molecule is COc1cc(Br)ccc1C#CCCO. The van der Waals surface area contributed by atoms with Crippen LogP contribution >= 0.6 is 15.9 Å². The summed E-state index contributed by atoms with van der Waals surface area (Å²) in [4.78, 5) is 0. The molecule has 0 fully saturated rings. The summed E-state index contributed by atoms with van der Waals surface area (Å²) in [7, 11) is 1.61. The summed E-state index contributed by atoms with van der Waals surface area (Å²) in [6.07, 6.45) is 0.485. The first kappa shape index (κ1) is 11.1. The second-order valence-electron chi connectivity index (χ2n) is 2.62. The molecule has 1 aromatic carbocycles. The predicted octanol–water partition coefficient (Wildman–Crippen LogP) is 2.19. The molecule has 0 aromatic heterocycles. The Morgan fingerprint density at radius 2 is 2.29 bits per heavy atom. The average molecular weight is 255 g/mol. The van der Waals surface area contributed by atoms with Crippen LogP contribution in [0.15, 0.2) is 22.7 Å². The second kappa shape index (κ2) is 5.69. The molecular formula is C11H11BrO2. The molecule has 0 heterocycles. The molecule has 14 heavy (non-hydrogen) atoms. The zero-order valence-electron chi connectivity index (χ0n) is 7.88. The summed E-state index contributed by atoms with van der Waals surface area (Å²) in [5.74, 6) is 6.53. The summed E-state index contributed by atoms with van der Waals surface area (Å²) in [5.41, 5.74) is 0.837. The number of benzene rings is 1. The molecule has 0 unspecified atom stereocenters. The van der Waals surface area contributed by atoms with Gasteiger partial charge in [-0.25, -0.2) is 0 Å². The van der Waals surface area contributed by atoms with E-state index in [0.717, 1.165) is 15.8 Å². The average Bonchev–Trinajstić information content (AvgIpc) is 2.20. The van der Waals surface area contributed by atoms with Crippen molar-refractivity contribution >= 4 is 15.9 Å². The van der Waals surface area contributed by atoms with Crippen LogP contribution in [0.1, 0.15) is 12.0 Å². The summed E-state index contributed by atoms with van der Waals surface area (Å²) >= 11 is 3.35. The highest BCUT2D eigenvalue weighted by Gasteiger charge is 1.99. The Balaban J connectivity index is 2.92. The monoisotopic (exact) mass is 254 g/mol. The van der Waals surface area contributed by atoms with Gasteiger partial charge in [0.05, 0.1) is 19.3 Å². The van der Waals surface area contributed by atoms with Gasteiger partial charge in [-0.3, -0.25) is 0 Å². The van der Waals surface area contributed by atoms with E-state index in [1.807, 2.05) is 18.2 Å². The maximum Gasteiger partial charge on any atom is 0.135 e. The molecule has 1 rings (SSSR count). The lowest BCUT2D eigenvalue weighted by atomic mass is 10.2. The smallest absolute Gasteiger partial charge is 0.135 e. The highest BCUT2D eigenvalue weighted by atomic mass is 79.9. The lowest BCUT2D eigenvalue weighted by Crippen LogP contribution is -1.87. The highest BCUT2D eigenvalue weighted by molar-refractivity contribution is 9.10. The maximum atomic E-state index is 8.57. The molecule has 0 radical (unpaired) electrons. The van der Waals surface area contributed by atoms with Gasteiger partial charge in [0.1, 0.15) is 5.75 Å². The molecule has 1 aromatic rings. The van der Waals surface area contributed by atoms with Gasteiger partial charge < -0.3 is 9.84 Å². The molecular weight excluding hydrogens is 244 g/mol. The van der Waals surface area contributed by atoms with Crippen LogP contribution in [0.4, 0.5) is 0 Å². The predicted molar refractivity (Wildman–Crippen MR) is 59.3 cm³/mol. The van der Waals surface area contributed by atoms with Gasteiger partial charge in [-0.05, 0) is 18.2 Å². The zero-order valence-corrected chi connectivity index (χ0v) is 9.47. The van der Waals surface area contributed by atoms with Crippen LogP contribution in [-0.4, -0.2) is 18.8 Å². The van der Waals surface area contributed by atoms with Crippen LogP contribution in [0.5, 0.6) is 5.75 Å². The molecule has 0 aliphatic carbocycles. The van der Waals surface area contributed by atoms with E-state index in [1.165, 1.54) is 0 Å². The quantitative estimate of drug-likeness (QED) is 0.821. The lowest BCUT2D eigenvalue weighted by molar-refractivity contribution is 0.305. The van der Waals surface area contributed by atoms with E-state index < -0.39 is 0 Å². The minimum absolute atomic E-state index is 0.0891. The van der Waals surface area contributed by atoms with E-state index in [-0.39, 0.29) is 6.61 Å². The van der Waals surface area contributed by atoms with Gasteiger partial charge in [0.25, 0.3) is 0 Å². The van der Waals surface area contributed by atoms with E-state index in [4.69, 9.17) is 9.84 Å². The molecule has 0 aliphatic rings. The third kappa shape index (κ3) is 3.06. The van der Waals surface area contributed by atoms with Gasteiger partial charge >= 0.3 is 0 Å². The van der Waals surface area contributed by atoms with E-state index in [2.05, 4.69) is 27.8 Å². The van der Waals surface area contributed by atoms with Crippen LogP contribution in [0.2, 0.25) is 0 Å². The second-order valence-corrected chi connectivity index (χ2v) is 3.54. The van der Waals surface area contributed by atoms with E-state index in [1.54, 1.807) is 7.11 Å². The molecule has 2 nitrogen and oxygen atoms in total. The minimum Gasteiger partial charge on any atom is -0.495 e. The van der Waals surface area contributed by atoms with Crippen molar-refractivity contribution in [2.24, 2.45) is 0 Å². The van der Waals surface area contributed by atoms with Crippen LogP contribution < -0.4 is 4.74 Å². The Kier molecular flexibility index (Phi) is 4.51. The number of aliphatic hydroxyl groups is 1. The number of methoxy groups -OCH3 is 1. The molecule has 0 bridgehead atoms. The Morgan fingerprint density at radius 3 is 2.93 bits per heavy atom. The van der Waals surface area contributed by atoms with Crippen molar-refractivity contribution in [2.75, 3.05) is 13.7 Å². The third-order valence-corrected chi connectivity index (χ3v) is 2.12. The Morgan fingerprint density at radius 1 is 1.50 bits per heavy atom. The summed E-state index contributed by atoms with van der Waals surface area (Å²) in [6, 6.07) is 5.65. The molecule has 74 valence electrons. The molecule has 1 N–H and O–H groups in total. The summed E-state index contributed by atoms with van der Waals surface area (Å²) < 4.78 is 6.12. The first-order valence-corrected chi connectivity index (χ1v) is 5.00. The van der Waals surface area contributed by atoms with Crippen LogP contribution in [0.25, 0.3) is 0 Å². The van der Waals surface area contributed by atoms with Crippen molar-refractivity contribution in [3.8, 4) is 17.6 Å². The van der Waals surface area contributed by atoms with Crippen molar-refractivity contribution < 1.29 is 9.84 Å². The van der Waals surface area contributed by atoms with Gasteiger partial charge in [-0.2, -0.15) is 0 Å². The largest absolute Gasteiger partial charge is 0.495 e. The number of hydrogen-bond donors (Lipinski definition) is 1. The van der Waals surface area contributed by atoms with E-state index in [0.29, 0.717) is 6.42 Å². The molecule has 3 heteroatoms. The first-order valence-electron chi connectivity index (χ1n) is 4.21. The lowest BCUT2D eigenvalue weighted by Gasteiger charge is -2.02. The fourth-order valence-corrected chi connectivity index (χ4v) is 1.32. The van der Waals surface area contributed by atoms with Gasteiger partial charge in [0.15, 0.2) is 0 Å². The topological polar surface area (TPSA) is 29.5 Å². The number of hydrogen-bond acceptors (Lipinski definition) is 2. The van der Waals surface area contributed by atoms with Crippen molar-refractivity contribution in [1.82, 2.24) is 0 Å². The van der Waals surface area contributed by atoms with Crippen LogP contribution in [0, 0.1) is 11.8 Å². The van der Waals surface area contributed by atoms with Crippen molar-refractivity contribution in [3.05, 3.63) is 28.2 Å². The van der Waals surface area contributed by atoms with E-state index in [9.17, 15) is 0 Å². The van der Waals surface area contributed by atoms with Crippen LogP contribution in [-0.2, 0) is 0 Å². The van der Waals surface area contributed by atoms with Gasteiger partial charge in [0.2, 0.25) is 0 Å². The number of rotatable bonds is 2. The standard InChI is InChI=1S/C11H11BrO2/c1-14-11-8-10(12)6-5-9(11)4-2-3-7-13/h5-6,8,13H,3,7H2,1H3. The molecule has 0 saturated carbocycles. The Labute approximate surface area is 92.0 Å². The fourth-order valence-electron chi connectivity index (χ4n) is 0.982. The van der Waals surface area contributed by atoms with Gasteiger partial charge in [-0.1, -0.05) is 27.8 Å². The van der Waals surface area contributed by atoms with Gasteiger partial charge in [0, 0.05) is 10.9 Å². The van der Waals surface area contributed by atoms with Crippen molar-refractivity contribution in [3.63, 3.8) is 0 Å². The molecule has 0 atom stereocenters. The van der Waals surface area contributed by atoms with E-state index >= 15 is 0 Å². The third-order valence-electron chi connectivity index (χ3n) is 1.62. The number of ether oxygens (including phenoxy) is 1.